The van der Waals surface area contributed by atoms with Crippen LogP contribution in [0.3, 0.4) is 0 Å². The zero-order chi connectivity index (χ0) is 18.4. The molecule has 3 unspecified atom stereocenters. The molecule has 0 spiro atoms. The van der Waals surface area contributed by atoms with Crippen LogP contribution in [0.15, 0.2) is 36.4 Å². The standard InChI is InChI=1S/C20H20O7/c21-9-20(22)14(5-12-1-3-15-17(6-12)26-10-24-15)8-23-19(20)13-2-4-16-18(7-13)27-11-25-16/h1-4,6-7,14,19,21-22H,5,8-11H2. The van der Waals surface area contributed by atoms with E-state index < -0.39 is 18.3 Å². The van der Waals surface area contributed by atoms with Crippen LogP contribution in [0.1, 0.15) is 17.2 Å². The maximum atomic E-state index is 11.3. The van der Waals surface area contributed by atoms with Gasteiger partial charge < -0.3 is 33.9 Å². The van der Waals surface area contributed by atoms with Crippen molar-refractivity contribution < 1.29 is 33.9 Å². The average molecular weight is 372 g/mol. The number of hydrogen-bond acceptors (Lipinski definition) is 7. The number of aliphatic hydroxyl groups excluding tert-OH is 1. The van der Waals surface area contributed by atoms with E-state index in [1.54, 1.807) is 12.1 Å². The number of benzene rings is 2. The molecule has 0 amide bonds. The summed E-state index contributed by atoms with van der Waals surface area (Å²) in [5.74, 6) is 2.44. The van der Waals surface area contributed by atoms with Crippen molar-refractivity contribution in [1.82, 2.24) is 0 Å². The number of ether oxygens (including phenoxy) is 5. The second-order valence-corrected chi connectivity index (χ2v) is 7.06. The van der Waals surface area contributed by atoms with Crippen molar-refractivity contribution in [2.45, 2.75) is 18.1 Å². The van der Waals surface area contributed by atoms with Crippen molar-refractivity contribution in [3.05, 3.63) is 47.5 Å². The van der Waals surface area contributed by atoms with E-state index in [0.717, 1.165) is 16.9 Å². The summed E-state index contributed by atoms with van der Waals surface area (Å²) in [5.41, 5.74) is 0.347. The van der Waals surface area contributed by atoms with Gasteiger partial charge >= 0.3 is 0 Å². The largest absolute Gasteiger partial charge is 0.454 e. The van der Waals surface area contributed by atoms with E-state index in [2.05, 4.69) is 0 Å². The van der Waals surface area contributed by atoms with Crippen LogP contribution in [-0.2, 0) is 11.2 Å². The molecule has 2 aromatic rings. The molecular weight excluding hydrogens is 352 g/mol. The third-order valence-electron chi connectivity index (χ3n) is 5.50. The minimum absolute atomic E-state index is 0.182. The minimum Gasteiger partial charge on any atom is -0.454 e. The predicted octanol–water partition coefficient (Wildman–Crippen LogP) is 1.80. The summed E-state index contributed by atoms with van der Waals surface area (Å²) in [6.07, 6.45) is -0.0922. The highest BCUT2D eigenvalue weighted by Crippen LogP contribution is 2.46. The molecule has 3 aliphatic rings. The summed E-state index contributed by atoms with van der Waals surface area (Å²) < 4.78 is 27.4. The van der Waals surface area contributed by atoms with E-state index in [1.165, 1.54) is 0 Å². The number of hydrogen-bond donors (Lipinski definition) is 2. The van der Waals surface area contributed by atoms with Crippen molar-refractivity contribution in [2.75, 3.05) is 26.8 Å². The van der Waals surface area contributed by atoms with Crippen LogP contribution in [0.5, 0.6) is 23.0 Å². The first-order valence-electron chi connectivity index (χ1n) is 8.90. The summed E-state index contributed by atoms with van der Waals surface area (Å²) in [7, 11) is 0. The van der Waals surface area contributed by atoms with Crippen molar-refractivity contribution in [3.63, 3.8) is 0 Å². The summed E-state index contributed by atoms with van der Waals surface area (Å²) in [5, 5.41) is 21.3. The highest BCUT2D eigenvalue weighted by molar-refractivity contribution is 5.46. The summed E-state index contributed by atoms with van der Waals surface area (Å²) >= 11 is 0. The number of rotatable bonds is 4. The van der Waals surface area contributed by atoms with E-state index >= 15 is 0 Å². The molecule has 1 saturated heterocycles. The van der Waals surface area contributed by atoms with E-state index in [1.807, 2.05) is 24.3 Å². The molecule has 7 heteroatoms. The summed E-state index contributed by atoms with van der Waals surface area (Å²) in [4.78, 5) is 0. The zero-order valence-corrected chi connectivity index (χ0v) is 14.6. The molecule has 5 rings (SSSR count). The van der Waals surface area contributed by atoms with E-state index in [4.69, 9.17) is 23.7 Å². The minimum atomic E-state index is -1.40. The maximum absolute atomic E-state index is 11.3. The molecule has 3 heterocycles. The van der Waals surface area contributed by atoms with Gasteiger partial charge in [-0.15, -0.1) is 0 Å². The fraction of sp³-hybridized carbons (Fsp3) is 0.400. The fourth-order valence-corrected chi connectivity index (χ4v) is 3.98. The Labute approximate surface area is 156 Å². The molecule has 7 nitrogen and oxygen atoms in total. The Morgan fingerprint density at radius 3 is 2.30 bits per heavy atom. The number of fused-ring (bicyclic) bond motifs is 2. The Morgan fingerprint density at radius 1 is 0.889 bits per heavy atom. The smallest absolute Gasteiger partial charge is 0.231 e. The second kappa shape index (κ2) is 6.30. The maximum Gasteiger partial charge on any atom is 0.231 e. The molecule has 3 aliphatic heterocycles. The van der Waals surface area contributed by atoms with Gasteiger partial charge in [-0.2, -0.15) is 0 Å². The van der Waals surface area contributed by atoms with Crippen LogP contribution in [0, 0.1) is 5.92 Å². The molecule has 0 radical (unpaired) electrons. The molecule has 2 N–H and O–H groups in total. The molecule has 0 aliphatic carbocycles. The van der Waals surface area contributed by atoms with Gasteiger partial charge in [0.2, 0.25) is 13.6 Å². The lowest BCUT2D eigenvalue weighted by molar-refractivity contribution is -0.0882. The van der Waals surface area contributed by atoms with Gasteiger partial charge in [-0.05, 0) is 41.8 Å². The fourth-order valence-electron chi connectivity index (χ4n) is 3.98. The normalized spacial score (nSPS) is 27.9. The van der Waals surface area contributed by atoms with Gasteiger partial charge in [-0.25, -0.2) is 0 Å². The topological polar surface area (TPSA) is 86.6 Å². The SMILES string of the molecule is OCC1(O)C(Cc2ccc3c(c2)OCO3)COC1c1ccc2c(c1)OCO2. The third kappa shape index (κ3) is 2.70. The van der Waals surface area contributed by atoms with Gasteiger partial charge in [0.25, 0.3) is 0 Å². The molecular formula is C20H20O7. The van der Waals surface area contributed by atoms with Gasteiger partial charge in [0.15, 0.2) is 23.0 Å². The molecule has 142 valence electrons. The zero-order valence-electron chi connectivity index (χ0n) is 14.6. The van der Waals surface area contributed by atoms with E-state index in [-0.39, 0.29) is 19.5 Å². The molecule has 0 saturated carbocycles. The van der Waals surface area contributed by atoms with Crippen molar-refractivity contribution in [1.29, 1.82) is 0 Å². The summed E-state index contributed by atoms with van der Waals surface area (Å²) in [6, 6.07) is 11.1. The van der Waals surface area contributed by atoms with Gasteiger partial charge in [0.1, 0.15) is 11.7 Å². The Morgan fingerprint density at radius 2 is 1.56 bits per heavy atom. The van der Waals surface area contributed by atoms with E-state index in [9.17, 15) is 10.2 Å². The Bertz CT molecular complexity index is 867. The Hall–Kier alpha value is -2.48. The van der Waals surface area contributed by atoms with Crippen molar-refractivity contribution >= 4 is 0 Å². The van der Waals surface area contributed by atoms with Crippen LogP contribution in [0.4, 0.5) is 0 Å². The highest BCUT2D eigenvalue weighted by atomic mass is 16.7. The first-order valence-corrected chi connectivity index (χ1v) is 8.90. The molecule has 0 aromatic heterocycles. The lowest BCUT2D eigenvalue weighted by Gasteiger charge is -2.32. The Kier molecular flexibility index (Phi) is 3.89. The monoisotopic (exact) mass is 372 g/mol. The van der Waals surface area contributed by atoms with Crippen LogP contribution < -0.4 is 18.9 Å². The van der Waals surface area contributed by atoms with Crippen molar-refractivity contribution in [2.24, 2.45) is 5.92 Å². The van der Waals surface area contributed by atoms with Crippen molar-refractivity contribution in [3.8, 4) is 23.0 Å². The quantitative estimate of drug-likeness (QED) is 0.846. The molecule has 0 bridgehead atoms. The van der Waals surface area contributed by atoms with Gasteiger partial charge in [0, 0.05) is 5.92 Å². The highest BCUT2D eigenvalue weighted by Gasteiger charge is 2.50. The third-order valence-corrected chi connectivity index (χ3v) is 5.50. The average Bonchev–Trinajstić information content (AvgIpc) is 3.40. The van der Waals surface area contributed by atoms with Crippen LogP contribution in [0.2, 0.25) is 0 Å². The lowest BCUT2D eigenvalue weighted by Crippen LogP contribution is -2.43. The van der Waals surface area contributed by atoms with Crippen LogP contribution in [-0.4, -0.2) is 42.6 Å². The molecule has 27 heavy (non-hydrogen) atoms. The predicted molar refractivity (Wildman–Crippen MR) is 93.1 cm³/mol. The van der Waals surface area contributed by atoms with Crippen LogP contribution >= 0.6 is 0 Å². The van der Waals surface area contributed by atoms with Gasteiger partial charge in [0.05, 0.1) is 13.2 Å². The summed E-state index contributed by atoms with van der Waals surface area (Å²) in [6.45, 7) is 0.339. The first kappa shape index (κ1) is 16.7. The molecule has 3 atom stereocenters. The van der Waals surface area contributed by atoms with Gasteiger partial charge in [-0.1, -0.05) is 12.1 Å². The van der Waals surface area contributed by atoms with E-state index in [0.29, 0.717) is 30.3 Å². The second-order valence-electron chi connectivity index (χ2n) is 7.06. The van der Waals surface area contributed by atoms with Crippen LogP contribution in [0.25, 0.3) is 0 Å². The molecule has 2 aromatic carbocycles. The Balaban J connectivity index is 1.40. The lowest BCUT2D eigenvalue weighted by atomic mass is 9.80. The first-order chi connectivity index (χ1) is 13.2. The number of aliphatic hydroxyl groups is 2. The van der Waals surface area contributed by atoms with Gasteiger partial charge in [-0.3, -0.25) is 0 Å². The molecule has 1 fully saturated rings.